The van der Waals surface area contributed by atoms with Crippen molar-refractivity contribution < 1.29 is 23.4 Å². The molecule has 0 aliphatic rings. The van der Waals surface area contributed by atoms with Crippen LogP contribution in [0.3, 0.4) is 0 Å². The van der Waals surface area contributed by atoms with Gasteiger partial charge in [-0.25, -0.2) is 8.78 Å². The number of aliphatic hydroxyl groups is 1. The normalized spacial score (nSPS) is 12.8. The number of benzene rings is 1. The van der Waals surface area contributed by atoms with Gasteiger partial charge in [-0.05, 0) is 31.5 Å². The number of hydrogen-bond donors (Lipinski definition) is 1. The molecule has 0 spiro atoms. The van der Waals surface area contributed by atoms with E-state index in [4.69, 9.17) is 9.47 Å². The monoisotopic (exact) mass is 260 g/mol. The van der Waals surface area contributed by atoms with Gasteiger partial charge in [0.2, 0.25) is 0 Å². The molecule has 1 aromatic carbocycles. The third-order valence-corrected chi connectivity index (χ3v) is 2.37. The minimum absolute atomic E-state index is 0.0419. The largest absolute Gasteiger partial charge is 0.494 e. The van der Waals surface area contributed by atoms with Crippen LogP contribution in [-0.4, -0.2) is 24.7 Å². The van der Waals surface area contributed by atoms with Crippen molar-refractivity contribution in [2.45, 2.75) is 33.0 Å². The Bertz CT molecular complexity index is 367. The van der Waals surface area contributed by atoms with Crippen LogP contribution in [0.25, 0.3) is 0 Å². The molecule has 1 unspecified atom stereocenters. The number of halogens is 2. The summed E-state index contributed by atoms with van der Waals surface area (Å²) in [4.78, 5) is 0. The summed E-state index contributed by atoms with van der Waals surface area (Å²) < 4.78 is 34.3. The number of ether oxygens (including phenoxy) is 2. The highest BCUT2D eigenvalue weighted by molar-refractivity contribution is 5.37. The second-order valence-corrected chi connectivity index (χ2v) is 3.88. The minimum atomic E-state index is -2.49. The zero-order valence-corrected chi connectivity index (χ0v) is 10.5. The molecular weight excluding hydrogens is 242 g/mol. The maximum atomic E-state index is 12.0. The molecule has 5 heteroatoms. The van der Waals surface area contributed by atoms with Gasteiger partial charge in [0.05, 0.1) is 19.3 Å². The van der Waals surface area contributed by atoms with Crippen LogP contribution in [0.5, 0.6) is 5.75 Å². The topological polar surface area (TPSA) is 38.7 Å². The molecule has 0 radical (unpaired) electrons. The molecular formula is C13H18F2O3. The van der Waals surface area contributed by atoms with E-state index in [0.717, 1.165) is 0 Å². The zero-order valence-electron chi connectivity index (χ0n) is 10.5. The average Bonchev–Trinajstić information content (AvgIpc) is 2.30. The first-order valence-corrected chi connectivity index (χ1v) is 5.84. The van der Waals surface area contributed by atoms with Crippen molar-refractivity contribution >= 4 is 0 Å². The van der Waals surface area contributed by atoms with Crippen molar-refractivity contribution in [3.63, 3.8) is 0 Å². The van der Waals surface area contributed by atoms with Crippen LogP contribution in [0, 0.1) is 0 Å². The Morgan fingerprint density at radius 1 is 1.33 bits per heavy atom. The molecule has 0 amide bonds. The molecule has 1 rings (SSSR count). The summed E-state index contributed by atoms with van der Waals surface area (Å²) in [6, 6.07) is 5.17. The highest BCUT2D eigenvalue weighted by Crippen LogP contribution is 2.24. The van der Waals surface area contributed by atoms with Crippen molar-refractivity contribution in [1.29, 1.82) is 0 Å². The van der Waals surface area contributed by atoms with Crippen molar-refractivity contribution in [3.8, 4) is 5.75 Å². The van der Waals surface area contributed by atoms with Crippen molar-refractivity contribution in [3.05, 3.63) is 29.3 Å². The van der Waals surface area contributed by atoms with E-state index in [1.165, 1.54) is 0 Å². The third kappa shape index (κ3) is 4.58. The van der Waals surface area contributed by atoms with Gasteiger partial charge in [0, 0.05) is 5.56 Å². The summed E-state index contributed by atoms with van der Waals surface area (Å²) in [6.07, 6.45) is -3.10. The lowest BCUT2D eigenvalue weighted by atomic mass is 10.1. The lowest BCUT2D eigenvalue weighted by molar-refractivity contribution is 0.00915. The fourth-order valence-corrected chi connectivity index (χ4v) is 1.53. The van der Waals surface area contributed by atoms with Crippen LogP contribution in [0.1, 0.15) is 31.1 Å². The first-order chi connectivity index (χ1) is 8.54. The molecule has 0 heterocycles. The Balaban J connectivity index is 2.79. The van der Waals surface area contributed by atoms with E-state index in [2.05, 4.69) is 0 Å². The quantitative estimate of drug-likeness (QED) is 0.819. The van der Waals surface area contributed by atoms with E-state index < -0.39 is 19.1 Å². The zero-order chi connectivity index (χ0) is 13.5. The number of hydrogen-bond acceptors (Lipinski definition) is 3. The summed E-state index contributed by atoms with van der Waals surface area (Å²) >= 11 is 0. The molecule has 1 atom stereocenters. The van der Waals surface area contributed by atoms with Crippen LogP contribution < -0.4 is 4.74 Å². The second kappa shape index (κ2) is 7.28. The lowest BCUT2D eigenvalue weighted by Crippen LogP contribution is -2.06. The Labute approximate surface area is 105 Å². The standard InChI is InChI=1S/C13H18F2O3/c1-3-18-12-5-4-10(9(2)16)6-11(12)7-17-8-13(14)15/h4-6,9,13,16H,3,7-8H2,1-2H3. The van der Waals surface area contributed by atoms with Crippen molar-refractivity contribution in [1.82, 2.24) is 0 Å². The highest BCUT2D eigenvalue weighted by Gasteiger charge is 2.10. The van der Waals surface area contributed by atoms with Gasteiger partial charge in [-0.3, -0.25) is 0 Å². The molecule has 0 saturated heterocycles. The van der Waals surface area contributed by atoms with Crippen LogP contribution >= 0.6 is 0 Å². The molecule has 1 N–H and O–H groups in total. The first kappa shape index (κ1) is 14.9. The van der Waals surface area contributed by atoms with Gasteiger partial charge in [0.25, 0.3) is 6.43 Å². The maximum Gasteiger partial charge on any atom is 0.261 e. The summed E-state index contributed by atoms with van der Waals surface area (Å²) in [5.41, 5.74) is 1.37. The van der Waals surface area contributed by atoms with Gasteiger partial charge < -0.3 is 14.6 Å². The van der Waals surface area contributed by atoms with Crippen molar-refractivity contribution in [2.24, 2.45) is 0 Å². The van der Waals surface area contributed by atoms with E-state index in [9.17, 15) is 13.9 Å². The van der Waals surface area contributed by atoms with E-state index >= 15 is 0 Å². The van der Waals surface area contributed by atoms with Gasteiger partial charge in [-0.2, -0.15) is 0 Å². The van der Waals surface area contributed by atoms with Gasteiger partial charge in [0.1, 0.15) is 12.4 Å². The highest BCUT2D eigenvalue weighted by atomic mass is 19.3. The molecule has 102 valence electrons. The summed E-state index contributed by atoms with van der Waals surface area (Å²) in [5, 5.41) is 9.48. The van der Waals surface area contributed by atoms with Crippen LogP contribution in [0.4, 0.5) is 8.78 Å². The average molecular weight is 260 g/mol. The number of alkyl halides is 2. The predicted octanol–water partition coefficient (Wildman–Crippen LogP) is 2.92. The molecule has 0 saturated carbocycles. The molecule has 0 aliphatic heterocycles. The summed E-state index contributed by atoms with van der Waals surface area (Å²) in [7, 11) is 0. The fourth-order valence-electron chi connectivity index (χ4n) is 1.53. The minimum Gasteiger partial charge on any atom is -0.494 e. The predicted molar refractivity (Wildman–Crippen MR) is 63.9 cm³/mol. The third-order valence-electron chi connectivity index (χ3n) is 2.37. The van der Waals surface area contributed by atoms with Crippen LogP contribution in [0.15, 0.2) is 18.2 Å². The molecule has 0 fully saturated rings. The smallest absolute Gasteiger partial charge is 0.261 e. The Hall–Kier alpha value is -1.20. The van der Waals surface area contributed by atoms with Crippen molar-refractivity contribution in [2.75, 3.05) is 13.2 Å². The molecule has 1 aromatic rings. The SMILES string of the molecule is CCOc1ccc(C(C)O)cc1COCC(F)F. The molecule has 18 heavy (non-hydrogen) atoms. The Morgan fingerprint density at radius 2 is 2.06 bits per heavy atom. The van der Waals surface area contributed by atoms with Gasteiger partial charge >= 0.3 is 0 Å². The van der Waals surface area contributed by atoms with E-state index in [0.29, 0.717) is 23.5 Å². The number of rotatable bonds is 7. The van der Waals surface area contributed by atoms with E-state index in [1.54, 1.807) is 25.1 Å². The molecule has 0 bridgehead atoms. The van der Waals surface area contributed by atoms with Crippen LogP contribution in [0.2, 0.25) is 0 Å². The maximum absolute atomic E-state index is 12.0. The molecule has 0 aliphatic carbocycles. The van der Waals surface area contributed by atoms with Gasteiger partial charge in [-0.15, -0.1) is 0 Å². The first-order valence-electron chi connectivity index (χ1n) is 5.84. The molecule has 3 nitrogen and oxygen atoms in total. The summed E-state index contributed by atoms with van der Waals surface area (Å²) in [6.45, 7) is 3.40. The summed E-state index contributed by atoms with van der Waals surface area (Å²) in [5.74, 6) is 0.594. The van der Waals surface area contributed by atoms with E-state index in [1.807, 2.05) is 6.92 Å². The fraction of sp³-hybridized carbons (Fsp3) is 0.538. The van der Waals surface area contributed by atoms with Crippen LogP contribution in [-0.2, 0) is 11.3 Å². The van der Waals surface area contributed by atoms with Gasteiger partial charge in [0.15, 0.2) is 0 Å². The van der Waals surface area contributed by atoms with E-state index in [-0.39, 0.29) is 6.61 Å². The second-order valence-electron chi connectivity index (χ2n) is 3.88. The molecule has 0 aromatic heterocycles. The Morgan fingerprint density at radius 3 is 2.61 bits per heavy atom. The van der Waals surface area contributed by atoms with Gasteiger partial charge in [-0.1, -0.05) is 6.07 Å². The lowest BCUT2D eigenvalue weighted by Gasteiger charge is -2.13. The Kier molecular flexibility index (Phi) is 6.01. The number of aliphatic hydroxyl groups excluding tert-OH is 1.